The van der Waals surface area contributed by atoms with Gasteiger partial charge in [0.2, 0.25) is 23.7 Å². The highest BCUT2D eigenvalue weighted by Gasteiger charge is 2.46. The van der Waals surface area contributed by atoms with Crippen molar-refractivity contribution >= 4 is 189 Å². The number of aromatic amines is 2. The number of ketones is 4. The normalized spacial score (nSPS) is 18.5. The van der Waals surface area contributed by atoms with Crippen molar-refractivity contribution in [3.63, 3.8) is 0 Å². The van der Waals surface area contributed by atoms with Gasteiger partial charge in [0.1, 0.15) is 66.7 Å². The van der Waals surface area contributed by atoms with Crippen LogP contribution in [-0.4, -0.2) is 262 Å². The Hall–Kier alpha value is -9.28. The molecule has 800 valence electrons. The molecule has 0 spiro atoms. The number of alkyl carbamates (subject to hydrolysis) is 1. The van der Waals surface area contributed by atoms with Crippen LogP contribution in [0.1, 0.15) is 183 Å². The number of anilines is 2. The first-order chi connectivity index (χ1) is 68.6. The van der Waals surface area contributed by atoms with Crippen molar-refractivity contribution in [1.29, 1.82) is 0 Å². The second-order valence-corrected chi connectivity index (χ2v) is 45.8. The third-order valence-corrected chi connectivity index (χ3v) is 33.2. The Morgan fingerprint density at radius 3 is 1.30 bits per heavy atom. The molecule has 2 saturated heterocycles. The maximum Gasteiger partial charge on any atom is 0.490 e. The lowest BCUT2D eigenvalue weighted by Crippen LogP contribution is -2.43. The molecule has 25 N–H and O–H groups in total. The summed E-state index contributed by atoms with van der Waals surface area (Å²) in [7, 11) is -29.6. The van der Waals surface area contributed by atoms with E-state index in [0.29, 0.717) is 68.6 Å². The smallest absolute Gasteiger partial charge is 0.481 e. The van der Waals surface area contributed by atoms with Crippen LogP contribution in [-0.2, 0) is 116 Å². The Kier molecular flexibility index (Phi) is 48.4. The lowest BCUT2D eigenvalue weighted by atomic mass is 9.98. The molecule has 0 radical (unpaired) electrons. The Morgan fingerprint density at radius 1 is 0.524 bits per heavy atom. The molecule has 2 aromatic carbocycles. The van der Waals surface area contributed by atoms with E-state index < -0.39 is 194 Å². The van der Waals surface area contributed by atoms with Gasteiger partial charge in [-0.25, -0.2) is 41.8 Å². The number of nitrogens with zero attached hydrogens (tertiary/aromatic N) is 4. The fraction of sp³-hybridized carbons (Fsp3) is 0.512. The zero-order chi connectivity index (χ0) is 108. The minimum atomic E-state index is -5.81. The number of nitrogens with one attached hydrogen (secondary N) is 5. The van der Waals surface area contributed by atoms with Crippen molar-refractivity contribution in [2.24, 2.45) is 5.73 Å². The SMILES string of the molecule is Nc1nc2c(c(C#CCCC(=O)CCSSCC(N)C(=O)CCCCCCC(=O)NC(CC(=O)O)C(=O)O)cn2C2CC(O)C(COP(=O)(O)OP(=O)(O)OP(=O)(O)O)O2)c(=O)[nH]1.Nc1nc2c(c(C#CCCC(=O)CCSSCC(NC(=O)OCC3c4ccccc4-c4ccccc43)C(=O)CCCCCCC(=O)NC(CC(=O)O)C(=O)O)cn2C2CC(O)C(COP(=O)(O)OP(=O)(O)OP(=O)(O)O)O2)c(=O)[nH]1.[2H]CF. The Labute approximate surface area is 839 Å². The number of hydrogen-bond acceptors (Lipinski definition) is 39. The molecule has 54 nitrogen and oxygen atoms in total. The number of aliphatic hydroxyl groups is 2. The predicted molar refractivity (Wildman–Crippen MR) is 516 cm³/mol. The fourth-order valence-electron chi connectivity index (χ4n) is 14.2. The minimum Gasteiger partial charge on any atom is -0.481 e. The highest BCUT2D eigenvalue weighted by molar-refractivity contribution is 8.77. The van der Waals surface area contributed by atoms with Crippen LogP contribution in [0.2, 0.25) is 0 Å². The van der Waals surface area contributed by atoms with E-state index >= 15 is 0 Å². The first kappa shape index (κ1) is 121. The van der Waals surface area contributed by atoms with Gasteiger partial charge in [-0.05, 0) is 47.9 Å². The average Bonchev–Trinajstić information content (AvgIpc) is 1.62. The monoisotopic (exact) mass is 2240 g/mol. The van der Waals surface area contributed by atoms with Crippen LogP contribution in [0.25, 0.3) is 33.2 Å². The van der Waals surface area contributed by atoms with Gasteiger partial charge in [0.05, 0.1) is 74.7 Å². The summed E-state index contributed by atoms with van der Waals surface area (Å²) in [6.45, 7) is -1.87. The number of nitrogens with two attached hydrogens (primary N) is 3. The van der Waals surface area contributed by atoms with E-state index in [9.17, 15) is 129 Å². The van der Waals surface area contributed by atoms with Gasteiger partial charge < -0.3 is 126 Å². The highest BCUT2D eigenvalue weighted by atomic mass is 33.1. The van der Waals surface area contributed by atoms with Crippen molar-refractivity contribution in [3.8, 4) is 34.8 Å². The van der Waals surface area contributed by atoms with E-state index in [1.165, 1.54) is 64.7 Å². The van der Waals surface area contributed by atoms with E-state index in [2.05, 4.69) is 85.9 Å². The largest absolute Gasteiger partial charge is 0.490 e. The molecule has 145 heavy (non-hydrogen) atoms. The van der Waals surface area contributed by atoms with Crippen LogP contribution < -0.4 is 44.3 Å². The van der Waals surface area contributed by atoms with Gasteiger partial charge in [-0.1, -0.05) is 141 Å². The molecule has 6 heterocycles. The lowest BCUT2D eigenvalue weighted by Gasteiger charge is -2.19. The average molecular weight is 2240 g/mol. The number of rotatable bonds is 59. The van der Waals surface area contributed by atoms with Gasteiger partial charge >= 0.3 is 76.9 Å². The third kappa shape index (κ3) is 42.0. The molecule has 14 atom stereocenters. The molecule has 0 bridgehead atoms. The summed E-state index contributed by atoms with van der Waals surface area (Å²) in [5, 5.41) is 64.2. The number of nitrogen functional groups attached to an aromatic ring is 2. The number of phosphoric ester groups is 2. The number of aliphatic carboxylic acids is 4. The van der Waals surface area contributed by atoms with Crippen LogP contribution in [0.15, 0.2) is 70.5 Å². The summed E-state index contributed by atoms with van der Waals surface area (Å²) < 4.78 is 129. The number of carboxylic acid groups (broad SMARTS) is 4. The quantitative estimate of drug-likeness (QED) is 0.00865. The molecule has 14 unspecified atom stereocenters. The van der Waals surface area contributed by atoms with Crippen molar-refractivity contribution in [2.45, 2.75) is 208 Å². The van der Waals surface area contributed by atoms with E-state index in [1.54, 1.807) is 0 Å². The van der Waals surface area contributed by atoms with Crippen LogP contribution in [0.3, 0.4) is 0 Å². The number of unbranched alkanes of at least 4 members (excludes halogenated alkanes) is 6. The number of alkyl halides is 1. The van der Waals surface area contributed by atoms with E-state index in [0.717, 1.165) is 22.3 Å². The summed E-state index contributed by atoms with van der Waals surface area (Å²) in [6.07, 6.45) is -2.82. The van der Waals surface area contributed by atoms with Crippen molar-refractivity contribution in [3.05, 3.63) is 104 Å². The zero-order valence-corrected chi connectivity index (χ0v) is 84.9. The first-order valence-corrected chi connectivity index (χ1v) is 57.4. The summed E-state index contributed by atoms with van der Waals surface area (Å²) in [5.41, 5.74) is 20.6. The molecular formula is C80H107FN12O42P6S4. The molecule has 4 aromatic heterocycles. The number of hydrogen-bond donors (Lipinski definition) is 22. The molecule has 6 aromatic rings. The van der Waals surface area contributed by atoms with Gasteiger partial charge in [0, 0.05) is 118 Å². The number of carbonyl (C=O) groups excluding carboxylic acids is 7. The number of halogens is 1. The highest BCUT2D eigenvalue weighted by Crippen LogP contribution is 2.68. The molecule has 9 rings (SSSR count). The standard InChI is InChI=1S/C47H57N6O22P3S2.C32H47N6O20P3S2.CH3F/c48-46-51-43-42(44(60)52-46)27(23-53(43)40-22-37(56)38(73-40)25-72-77(67,68)75-78(69,70)74-76(64,65)66)11-5-6-12-28(54)19-20-79-80-26-35(36(55)17-3-1-2-4-18-39(57)49-34(45(61)62)21-41(58)59)50-47(63)71-24-33-31-15-9-7-13-29(31)30-14-8-10-16-32(30)33;33-20(22(40)9-3-1-2-4-10-25(42)35-21(31(46)47)13-27(43)44)17-63-62-12-11-19(39)8-6-5-7-18-15-38(29-28(18)30(45)37-32(34)36-29)26-14-23(41)24(56-26)16-55-60(51,52)58-61(53,54)57-59(48,49)50;1-2/h7-10,13-16,23,33-35,37-38,40,56H,1-4,6,12,17-22,24-26H2,(H,49,57)(H,50,63)(H,58,59)(H,61,62)(H,67,68)(H,69,70)(H2,64,65,66)(H3,48,51,52,60);15,20-21,23-24,26,41H,1-4,6,8-14,16-17,33H2,(H,35,42)(H,43,44)(H,46,47)(H,51,52)(H,53,54)(H2,48,49,50)(H3,34,36,37,45);1H3/i;;1D. The predicted octanol–water partition coefficient (Wildman–Crippen LogP) is 6.27. The van der Waals surface area contributed by atoms with Gasteiger partial charge in [-0.3, -0.25) is 71.4 Å². The molecule has 65 heteroatoms. The molecular weight excluding hydrogens is 2130 g/mol. The summed E-state index contributed by atoms with van der Waals surface area (Å²) in [5.74, 6) is 4.34. The number of carbonyl (C=O) groups is 11. The minimum absolute atomic E-state index is 0.00432. The number of carboxylic acids is 4. The second kappa shape index (κ2) is 58.0. The van der Waals surface area contributed by atoms with Crippen LogP contribution in [0.4, 0.5) is 21.1 Å². The summed E-state index contributed by atoms with van der Waals surface area (Å²) in [6, 6.07) is 10.9. The number of fused-ring (bicyclic) bond motifs is 5. The van der Waals surface area contributed by atoms with Gasteiger partial charge in [0.25, 0.3) is 11.1 Å². The number of benzene rings is 2. The number of phosphoric acid groups is 6. The van der Waals surface area contributed by atoms with E-state index in [1.807, 2.05) is 48.5 Å². The number of Topliss-reactive ketones (excluding diaryl/α,β-unsaturated/α-hetero) is 4. The molecule has 3 amide bonds. The van der Waals surface area contributed by atoms with Gasteiger partial charge in [0.15, 0.2) is 17.1 Å². The van der Waals surface area contributed by atoms with Gasteiger partial charge in [-0.15, -0.1) is 0 Å². The van der Waals surface area contributed by atoms with E-state index in [4.69, 9.17) is 67.7 Å². The topological polar surface area (TPSA) is 872 Å². The zero-order valence-electron chi connectivity index (χ0n) is 77.2. The van der Waals surface area contributed by atoms with Crippen molar-refractivity contribution < 1.29 is 196 Å². The van der Waals surface area contributed by atoms with Crippen LogP contribution in [0.5, 0.6) is 0 Å². The van der Waals surface area contributed by atoms with Crippen LogP contribution in [0, 0.1) is 23.7 Å². The molecule has 1 aliphatic carbocycles. The number of H-pyrrole nitrogens is 2. The Balaban J connectivity index is 0.000000396. The number of amides is 3. The molecule has 2 aliphatic heterocycles. The lowest BCUT2D eigenvalue weighted by molar-refractivity contribution is -0.147. The van der Waals surface area contributed by atoms with Crippen LogP contribution >= 0.6 is 90.1 Å². The van der Waals surface area contributed by atoms with Crippen molar-refractivity contribution in [1.82, 2.24) is 45.0 Å². The van der Waals surface area contributed by atoms with E-state index in [-0.39, 0.29) is 164 Å². The Morgan fingerprint density at radius 2 is 0.910 bits per heavy atom. The maximum atomic E-state index is 13.6. The summed E-state index contributed by atoms with van der Waals surface area (Å²) in [4.78, 5) is 245. The Bertz CT molecular complexity index is 6170. The number of aromatic nitrogens is 6. The molecule has 3 aliphatic rings. The second-order valence-electron chi connectivity index (χ2n) is 31.7. The molecule has 2 fully saturated rings. The number of aliphatic hydroxyl groups excluding tert-OH is 2. The van der Waals surface area contributed by atoms with Gasteiger partial charge in [-0.2, -0.15) is 27.2 Å². The fourth-order valence-corrected chi connectivity index (χ4v) is 24.7. The maximum absolute atomic E-state index is 13.6. The van der Waals surface area contributed by atoms with Crippen molar-refractivity contribution in [2.75, 3.05) is 61.5 Å². The third-order valence-electron chi connectivity index (χ3n) is 20.8. The first-order valence-electron chi connectivity index (χ1n) is 44.1. The summed E-state index contributed by atoms with van der Waals surface area (Å²) >= 11 is 0. The molecule has 0 saturated carbocycles. The number of ether oxygens (including phenoxy) is 3.